The van der Waals surface area contributed by atoms with E-state index in [9.17, 15) is 4.39 Å². The SMILES string of the molecule is COc1ccc(CN(Cc2ccc(OC)cc2)c2nc(OC)c(Br)cc2F)cc1. The summed E-state index contributed by atoms with van der Waals surface area (Å²) < 4.78 is 31.0. The Balaban J connectivity index is 1.95. The number of nitrogens with zero attached hydrogens (tertiary/aromatic N) is 2. The molecule has 29 heavy (non-hydrogen) atoms. The number of methoxy groups -OCH3 is 3. The zero-order valence-electron chi connectivity index (χ0n) is 16.5. The lowest BCUT2D eigenvalue weighted by Crippen LogP contribution is -2.24. The van der Waals surface area contributed by atoms with Crippen LogP contribution in [-0.4, -0.2) is 26.3 Å². The van der Waals surface area contributed by atoms with Crippen molar-refractivity contribution in [3.8, 4) is 17.4 Å². The number of ether oxygens (including phenoxy) is 3. The Bertz CT molecular complexity index is 900. The molecule has 7 heteroatoms. The number of pyridine rings is 1. The first-order valence-corrected chi connectivity index (χ1v) is 9.74. The van der Waals surface area contributed by atoms with Crippen LogP contribution in [0.4, 0.5) is 10.2 Å². The molecule has 0 bridgehead atoms. The van der Waals surface area contributed by atoms with E-state index in [0.29, 0.717) is 23.4 Å². The molecule has 2 aromatic carbocycles. The largest absolute Gasteiger partial charge is 0.497 e. The molecule has 0 saturated heterocycles. The predicted octanol–water partition coefficient (Wildman–Crippen LogP) is 5.22. The Kier molecular flexibility index (Phi) is 6.93. The van der Waals surface area contributed by atoms with Gasteiger partial charge in [-0.05, 0) is 57.4 Å². The van der Waals surface area contributed by atoms with Gasteiger partial charge < -0.3 is 19.1 Å². The fourth-order valence-electron chi connectivity index (χ4n) is 2.91. The summed E-state index contributed by atoms with van der Waals surface area (Å²) in [6, 6.07) is 16.7. The van der Waals surface area contributed by atoms with Gasteiger partial charge in [0.25, 0.3) is 0 Å². The highest BCUT2D eigenvalue weighted by atomic mass is 79.9. The van der Waals surface area contributed by atoms with Gasteiger partial charge in [-0.2, -0.15) is 4.98 Å². The zero-order chi connectivity index (χ0) is 20.8. The number of hydrogen-bond donors (Lipinski definition) is 0. The third-order valence-electron chi connectivity index (χ3n) is 4.44. The lowest BCUT2D eigenvalue weighted by atomic mass is 10.1. The van der Waals surface area contributed by atoms with Gasteiger partial charge in [0.2, 0.25) is 5.88 Å². The molecule has 0 N–H and O–H groups in total. The van der Waals surface area contributed by atoms with Gasteiger partial charge in [0.1, 0.15) is 11.5 Å². The number of hydrogen-bond acceptors (Lipinski definition) is 5. The van der Waals surface area contributed by atoms with Crippen molar-refractivity contribution in [2.45, 2.75) is 13.1 Å². The first-order chi connectivity index (χ1) is 14.0. The average molecular weight is 461 g/mol. The smallest absolute Gasteiger partial charge is 0.229 e. The highest BCUT2D eigenvalue weighted by Gasteiger charge is 2.18. The van der Waals surface area contributed by atoms with E-state index < -0.39 is 5.82 Å². The molecule has 0 fully saturated rings. The van der Waals surface area contributed by atoms with Gasteiger partial charge in [-0.15, -0.1) is 0 Å². The first-order valence-electron chi connectivity index (χ1n) is 8.95. The summed E-state index contributed by atoms with van der Waals surface area (Å²) in [5.41, 5.74) is 2.00. The molecule has 0 radical (unpaired) electrons. The summed E-state index contributed by atoms with van der Waals surface area (Å²) >= 11 is 3.28. The van der Waals surface area contributed by atoms with Crippen LogP contribution < -0.4 is 19.1 Å². The molecule has 0 aliphatic rings. The predicted molar refractivity (Wildman–Crippen MR) is 114 cm³/mol. The van der Waals surface area contributed by atoms with E-state index in [0.717, 1.165) is 22.6 Å². The van der Waals surface area contributed by atoms with Crippen molar-refractivity contribution in [3.05, 3.63) is 76.0 Å². The Morgan fingerprint density at radius 1 is 0.828 bits per heavy atom. The van der Waals surface area contributed by atoms with Crippen LogP contribution in [0.5, 0.6) is 17.4 Å². The van der Waals surface area contributed by atoms with E-state index >= 15 is 0 Å². The standard InChI is InChI=1S/C22H22BrFN2O3/c1-27-17-8-4-15(5-9-17)13-26(14-16-6-10-18(28-2)11-7-16)21-20(24)12-19(23)22(25-21)29-3/h4-12H,13-14H2,1-3H3. The fraction of sp³-hybridized carbons (Fsp3) is 0.227. The maximum absolute atomic E-state index is 14.8. The highest BCUT2D eigenvalue weighted by molar-refractivity contribution is 9.10. The molecule has 1 aromatic heterocycles. The molecule has 0 unspecified atom stereocenters. The first kappa shape index (κ1) is 20.9. The second-order valence-electron chi connectivity index (χ2n) is 6.34. The van der Waals surface area contributed by atoms with Crippen LogP contribution in [0.2, 0.25) is 0 Å². The summed E-state index contributed by atoms with van der Waals surface area (Å²) in [6.45, 7) is 0.926. The van der Waals surface area contributed by atoms with E-state index in [1.807, 2.05) is 53.4 Å². The van der Waals surface area contributed by atoms with E-state index in [1.54, 1.807) is 14.2 Å². The van der Waals surface area contributed by atoms with E-state index in [-0.39, 0.29) is 5.82 Å². The van der Waals surface area contributed by atoms with Gasteiger partial charge in [0.05, 0.1) is 25.8 Å². The summed E-state index contributed by atoms with van der Waals surface area (Å²) in [5, 5.41) is 0. The summed E-state index contributed by atoms with van der Waals surface area (Å²) in [6.07, 6.45) is 0. The number of rotatable bonds is 8. The quantitative estimate of drug-likeness (QED) is 0.461. The minimum atomic E-state index is -0.431. The second-order valence-corrected chi connectivity index (χ2v) is 7.19. The molecular weight excluding hydrogens is 439 g/mol. The van der Waals surface area contributed by atoms with Gasteiger partial charge in [-0.25, -0.2) is 4.39 Å². The van der Waals surface area contributed by atoms with Gasteiger partial charge in [-0.3, -0.25) is 0 Å². The molecule has 0 amide bonds. The third-order valence-corrected chi connectivity index (χ3v) is 5.00. The Morgan fingerprint density at radius 3 is 1.72 bits per heavy atom. The van der Waals surface area contributed by atoms with E-state index in [2.05, 4.69) is 20.9 Å². The third kappa shape index (κ3) is 5.17. The van der Waals surface area contributed by atoms with Gasteiger partial charge >= 0.3 is 0 Å². The minimum Gasteiger partial charge on any atom is -0.497 e. The molecule has 0 spiro atoms. The Labute approximate surface area is 178 Å². The zero-order valence-corrected chi connectivity index (χ0v) is 18.1. The summed E-state index contributed by atoms with van der Waals surface area (Å²) in [5.74, 6) is 1.65. The molecule has 0 atom stereocenters. The van der Waals surface area contributed by atoms with Crippen LogP contribution in [0.3, 0.4) is 0 Å². The monoisotopic (exact) mass is 460 g/mol. The van der Waals surface area contributed by atoms with Crippen LogP contribution in [0.25, 0.3) is 0 Å². The summed E-state index contributed by atoms with van der Waals surface area (Å²) in [4.78, 5) is 6.25. The molecular formula is C22H22BrFN2O3. The highest BCUT2D eigenvalue weighted by Crippen LogP contribution is 2.30. The van der Waals surface area contributed by atoms with E-state index in [1.165, 1.54) is 13.2 Å². The van der Waals surface area contributed by atoms with Gasteiger partial charge in [0, 0.05) is 13.1 Å². The number of aromatic nitrogens is 1. The number of halogens is 2. The molecule has 1 heterocycles. The van der Waals surface area contributed by atoms with Crippen LogP contribution in [-0.2, 0) is 13.1 Å². The van der Waals surface area contributed by atoms with Crippen molar-refractivity contribution < 1.29 is 18.6 Å². The Morgan fingerprint density at radius 2 is 1.31 bits per heavy atom. The van der Waals surface area contributed by atoms with Crippen molar-refractivity contribution >= 4 is 21.7 Å². The lowest BCUT2D eigenvalue weighted by molar-refractivity contribution is 0.392. The fourth-order valence-corrected chi connectivity index (χ4v) is 3.37. The van der Waals surface area contributed by atoms with Crippen molar-refractivity contribution in [3.63, 3.8) is 0 Å². The van der Waals surface area contributed by atoms with E-state index in [4.69, 9.17) is 14.2 Å². The van der Waals surface area contributed by atoms with Crippen LogP contribution in [0.1, 0.15) is 11.1 Å². The lowest BCUT2D eigenvalue weighted by Gasteiger charge is -2.25. The molecule has 3 rings (SSSR count). The molecule has 5 nitrogen and oxygen atoms in total. The summed E-state index contributed by atoms with van der Waals surface area (Å²) in [7, 11) is 4.75. The van der Waals surface area contributed by atoms with Gasteiger partial charge in [0.15, 0.2) is 11.6 Å². The molecule has 0 aliphatic heterocycles. The topological polar surface area (TPSA) is 43.8 Å². The Hall–Kier alpha value is -2.80. The van der Waals surface area contributed by atoms with Crippen LogP contribution in [0.15, 0.2) is 59.1 Å². The number of benzene rings is 2. The second kappa shape index (κ2) is 9.60. The minimum absolute atomic E-state index is 0.219. The molecule has 3 aromatic rings. The van der Waals surface area contributed by atoms with Crippen molar-refractivity contribution in [1.29, 1.82) is 0 Å². The maximum atomic E-state index is 14.8. The van der Waals surface area contributed by atoms with Crippen LogP contribution >= 0.6 is 15.9 Å². The van der Waals surface area contributed by atoms with Gasteiger partial charge in [-0.1, -0.05) is 24.3 Å². The molecule has 0 aliphatic carbocycles. The molecule has 152 valence electrons. The average Bonchev–Trinajstić information content (AvgIpc) is 2.74. The normalized spacial score (nSPS) is 10.5. The number of anilines is 1. The van der Waals surface area contributed by atoms with Crippen LogP contribution in [0, 0.1) is 5.82 Å². The van der Waals surface area contributed by atoms with Crippen molar-refractivity contribution in [2.24, 2.45) is 0 Å². The molecule has 0 saturated carbocycles. The maximum Gasteiger partial charge on any atom is 0.229 e. The van der Waals surface area contributed by atoms with Crippen molar-refractivity contribution in [1.82, 2.24) is 4.98 Å². The van der Waals surface area contributed by atoms with Crippen molar-refractivity contribution in [2.75, 3.05) is 26.2 Å².